The number of hydrogen-bond acceptors (Lipinski definition) is 1. The van der Waals surface area contributed by atoms with E-state index in [4.69, 9.17) is 0 Å². The first kappa shape index (κ1) is 17.4. The van der Waals surface area contributed by atoms with Crippen LogP contribution < -0.4 is 0 Å². The van der Waals surface area contributed by atoms with Crippen molar-refractivity contribution < 1.29 is 0 Å². The fourth-order valence-electron chi connectivity index (χ4n) is 3.62. The summed E-state index contributed by atoms with van der Waals surface area (Å²) < 4.78 is 0. The Morgan fingerprint density at radius 3 is 1.80 bits per heavy atom. The van der Waals surface area contributed by atoms with Crippen molar-refractivity contribution in [1.82, 2.24) is 4.98 Å². The summed E-state index contributed by atoms with van der Waals surface area (Å²) in [5, 5.41) is 0. The van der Waals surface area contributed by atoms with E-state index >= 15 is 0 Å². The maximum Gasteiger partial charge on any atom is 0.0409 e. The molecule has 0 radical (unpaired) electrons. The van der Waals surface area contributed by atoms with Gasteiger partial charge in [0.25, 0.3) is 0 Å². The lowest BCUT2D eigenvalue weighted by Crippen LogP contribution is -2.07. The molecule has 3 aromatic rings. The predicted octanol–water partition coefficient (Wildman–Crippen LogP) is 6.38. The number of hydrogen-bond donors (Lipinski definition) is 0. The highest BCUT2D eigenvalue weighted by Crippen LogP contribution is 2.31. The molecule has 0 saturated carbocycles. The van der Waals surface area contributed by atoms with Gasteiger partial charge in [-0.05, 0) is 60.8 Å². The van der Waals surface area contributed by atoms with Gasteiger partial charge in [0.1, 0.15) is 0 Å². The topological polar surface area (TPSA) is 12.9 Å². The van der Waals surface area contributed by atoms with Crippen molar-refractivity contribution in [3.8, 4) is 0 Å². The van der Waals surface area contributed by atoms with Gasteiger partial charge in [-0.1, -0.05) is 73.7 Å². The zero-order valence-electron chi connectivity index (χ0n) is 15.0. The van der Waals surface area contributed by atoms with E-state index in [0.717, 1.165) is 6.42 Å². The van der Waals surface area contributed by atoms with E-state index in [2.05, 4.69) is 84.7 Å². The molecule has 0 aliphatic heterocycles. The number of rotatable bonds is 8. The lowest BCUT2D eigenvalue weighted by atomic mass is 9.84. The smallest absolute Gasteiger partial charge is 0.0409 e. The first-order chi connectivity index (χ1) is 12.4. The lowest BCUT2D eigenvalue weighted by Gasteiger charge is -2.21. The first-order valence-corrected chi connectivity index (χ1v) is 9.36. The van der Waals surface area contributed by atoms with Crippen LogP contribution in [-0.2, 0) is 6.42 Å². The third kappa shape index (κ3) is 5.03. The van der Waals surface area contributed by atoms with Crippen LogP contribution in [0, 0.1) is 0 Å². The summed E-state index contributed by atoms with van der Waals surface area (Å²) in [5.74, 6) is 1.16. The Hall–Kier alpha value is -2.41. The van der Waals surface area contributed by atoms with E-state index in [9.17, 15) is 0 Å². The van der Waals surface area contributed by atoms with Gasteiger partial charge < -0.3 is 0 Å². The minimum atomic E-state index is 0.522. The molecule has 25 heavy (non-hydrogen) atoms. The van der Waals surface area contributed by atoms with Crippen molar-refractivity contribution in [1.29, 1.82) is 0 Å². The number of benzene rings is 2. The second-order valence-corrected chi connectivity index (χ2v) is 6.73. The summed E-state index contributed by atoms with van der Waals surface area (Å²) in [6.45, 7) is 2.30. The van der Waals surface area contributed by atoms with E-state index in [-0.39, 0.29) is 0 Å². The molecule has 1 heteroatoms. The monoisotopic (exact) mass is 329 g/mol. The predicted molar refractivity (Wildman–Crippen MR) is 106 cm³/mol. The molecule has 128 valence electrons. The molecule has 0 saturated heterocycles. The van der Waals surface area contributed by atoms with E-state index in [1.165, 1.54) is 36.1 Å². The van der Waals surface area contributed by atoms with Gasteiger partial charge in [-0.25, -0.2) is 0 Å². The highest BCUT2D eigenvalue weighted by molar-refractivity contribution is 5.23. The Bertz CT molecular complexity index is 722. The van der Waals surface area contributed by atoms with Gasteiger partial charge in [0.15, 0.2) is 0 Å². The molecular weight excluding hydrogens is 302 g/mol. The van der Waals surface area contributed by atoms with Crippen molar-refractivity contribution in [2.45, 2.75) is 44.4 Å². The molecule has 0 aliphatic carbocycles. The van der Waals surface area contributed by atoms with Crippen LogP contribution in [0.25, 0.3) is 0 Å². The molecule has 2 unspecified atom stereocenters. The second kappa shape index (κ2) is 9.17. The Morgan fingerprint density at radius 2 is 1.24 bits per heavy atom. The largest absolute Gasteiger partial charge is 0.261 e. The Balaban J connectivity index is 1.73. The quantitative estimate of drug-likeness (QED) is 0.467. The van der Waals surface area contributed by atoms with Gasteiger partial charge in [-0.2, -0.15) is 0 Å². The summed E-state index contributed by atoms with van der Waals surface area (Å²) in [7, 11) is 0. The van der Waals surface area contributed by atoms with Crippen molar-refractivity contribution in [2.75, 3.05) is 0 Å². The van der Waals surface area contributed by atoms with Crippen molar-refractivity contribution in [3.63, 3.8) is 0 Å². The molecule has 2 atom stereocenters. The van der Waals surface area contributed by atoms with Gasteiger partial charge in [0.05, 0.1) is 0 Å². The van der Waals surface area contributed by atoms with E-state index in [0.29, 0.717) is 11.8 Å². The average Bonchev–Trinajstić information content (AvgIpc) is 2.70. The summed E-state index contributed by atoms with van der Waals surface area (Å²) in [6.07, 6.45) is 6.50. The van der Waals surface area contributed by atoms with Crippen LogP contribution in [0.2, 0.25) is 0 Å². The highest BCUT2D eigenvalue weighted by Gasteiger charge is 2.16. The number of pyridine rings is 1. The number of aromatic nitrogens is 1. The summed E-state index contributed by atoms with van der Waals surface area (Å²) >= 11 is 0. The molecule has 1 nitrogen and oxygen atoms in total. The molecule has 3 rings (SSSR count). The van der Waals surface area contributed by atoms with Crippen LogP contribution in [0.3, 0.4) is 0 Å². The lowest BCUT2D eigenvalue weighted by molar-refractivity contribution is 0.511. The van der Waals surface area contributed by atoms with Crippen molar-refractivity contribution >= 4 is 0 Å². The van der Waals surface area contributed by atoms with Gasteiger partial charge >= 0.3 is 0 Å². The van der Waals surface area contributed by atoms with Crippen molar-refractivity contribution in [2.24, 2.45) is 0 Å². The Morgan fingerprint density at radius 1 is 0.680 bits per heavy atom. The summed E-state index contributed by atoms with van der Waals surface area (Å²) in [6, 6.07) is 28.1. The molecule has 0 N–H and O–H groups in total. The molecular formula is C24H27N. The first-order valence-electron chi connectivity index (χ1n) is 9.36. The third-order valence-corrected chi connectivity index (χ3v) is 5.08. The molecule has 0 spiro atoms. The SMILES string of the molecule is CCC(CCC(Cc1ccccn1)c1ccccc1)c1ccccc1. The molecule has 2 aromatic carbocycles. The normalized spacial score (nSPS) is 13.3. The van der Waals surface area contributed by atoms with E-state index in [1.54, 1.807) is 0 Å². The van der Waals surface area contributed by atoms with E-state index < -0.39 is 0 Å². The van der Waals surface area contributed by atoms with Crippen LogP contribution in [-0.4, -0.2) is 4.98 Å². The van der Waals surface area contributed by atoms with Crippen LogP contribution in [0.5, 0.6) is 0 Å². The summed E-state index contributed by atoms with van der Waals surface area (Å²) in [4.78, 5) is 4.55. The molecule has 1 heterocycles. The maximum absolute atomic E-state index is 4.55. The zero-order chi connectivity index (χ0) is 17.3. The van der Waals surface area contributed by atoms with E-state index in [1.807, 2.05) is 12.3 Å². The molecule has 0 bridgehead atoms. The highest BCUT2D eigenvalue weighted by atomic mass is 14.7. The Labute approximate surface area is 151 Å². The van der Waals surface area contributed by atoms with Crippen LogP contribution in [0.4, 0.5) is 0 Å². The van der Waals surface area contributed by atoms with Crippen LogP contribution >= 0.6 is 0 Å². The summed E-state index contributed by atoms with van der Waals surface area (Å²) in [5.41, 5.74) is 4.08. The zero-order valence-corrected chi connectivity index (χ0v) is 15.0. The molecule has 0 fully saturated rings. The van der Waals surface area contributed by atoms with Gasteiger partial charge in [0.2, 0.25) is 0 Å². The third-order valence-electron chi connectivity index (χ3n) is 5.08. The Kier molecular flexibility index (Phi) is 6.39. The minimum Gasteiger partial charge on any atom is -0.261 e. The molecule has 0 aliphatic rings. The van der Waals surface area contributed by atoms with Gasteiger partial charge in [-0.3, -0.25) is 4.98 Å². The van der Waals surface area contributed by atoms with Crippen LogP contribution in [0.1, 0.15) is 54.8 Å². The van der Waals surface area contributed by atoms with Gasteiger partial charge in [-0.15, -0.1) is 0 Å². The second-order valence-electron chi connectivity index (χ2n) is 6.73. The molecule has 0 amide bonds. The fraction of sp³-hybridized carbons (Fsp3) is 0.292. The standard InChI is InChI=1S/C24H27N/c1-2-20(21-11-5-3-6-12-21)16-17-23(22-13-7-4-8-14-22)19-24-15-9-10-18-25-24/h3-15,18,20,23H,2,16-17,19H2,1H3. The number of nitrogens with zero attached hydrogens (tertiary/aromatic N) is 1. The fourth-order valence-corrected chi connectivity index (χ4v) is 3.62. The average molecular weight is 329 g/mol. The maximum atomic E-state index is 4.55. The van der Waals surface area contributed by atoms with Crippen molar-refractivity contribution in [3.05, 3.63) is 102 Å². The van der Waals surface area contributed by atoms with Gasteiger partial charge in [0, 0.05) is 11.9 Å². The molecule has 1 aromatic heterocycles. The minimum absolute atomic E-state index is 0.522. The van der Waals surface area contributed by atoms with Crippen LogP contribution in [0.15, 0.2) is 85.1 Å².